The van der Waals surface area contributed by atoms with E-state index >= 15 is 0 Å². The maximum atomic E-state index is 13.0. The molecule has 0 saturated heterocycles. The number of hydrogen-bond acceptors (Lipinski definition) is 5. The Morgan fingerprint density at radius 2 is 1.96 bits per heavy atom. The maximum absolute atomic E-state index is 13.0. The van der Waals surface area contributed by atoms with Gasteiger partial charge in [0.1, 0.15) is 6.04 Å². The van der Waals surface area contributed by atoms with Crippen molar-refractivity contribution in [1.29, 1.82) is 0 Å². The molecule has 0 radical (unpaired) electrons. The van der Waals surface area contributed by atoms with E-state index in [0.717, 1.165) is 4.57 Å². The minimum absolute atomic E-state index is 0.118. The third-order valence-electron chi connectivity index (χ3n) is 4.65. The number of carbonyl (C=O) groups is 2. The van der Waals surface area contributed by atoms with Gasteiger partial charge >= 0.3 is 11.4 Å². The highest BCUT2D eigenvalue weighted by Gasteiger charge is 2.52. The van der Waals surface area contributed by atoms with Gasteiger partial charge < -0.3 is 15.8 Å². The summed E-state index contributed by atoms with van der Waals surface area (Å²) in [7, 11) is 0. The molecule has 10 heteroatoms. The maximum Gasteiger partial charge on any atom is 0.354 e. The Kier molecular flexibility index (Phi) is 3.67. The van der Waals surface area contributed by atoms with Crippen LogP contribution >= 0.6 is 0 Å². The van der Waals surface area contributed by atoms with Crippen molar-refractivity contribution in [3.8, 4) is 5.69 Å². The number of hydrogen-bond donors (Lipinski definition) is 2. The molecular weight excluding hydrogens is 354 g/mol. The molecule has 3 N–H and O–H groups in total. The molecule has 2 amide bonds. The molecule has 2 unspecified atom stereocenters. The number of amides is 2. The van der Waals surface area contributed by atoms with Gasteiger partial charge in [-0.25, -0.2) is 14.2 Å². The Labute approximate surface area is 152 Å². The van der Waals surface area contributed by atoms with E-state index < -0.39 is 41.2 Å². The molecule has 0 saturated carbocycles. The van der Waals surface area contributed by atoms with E-state index in [4.69, 9.17) is 10.5 Å². The zero-order valence-electron chi connectivity index (χ0n) is 14.4. The molecule has 3 heterocycles. The molecule has 2 bridgehead atoms. The molecule has 140 valence electrons. The Balaban J connectivity index is 1.83. The number of ether oxygens (including phenoxy) is 1. The zero-order chi connectivity index (χ0) is 19.3. The number of fused-ring (bicyclic) bond motifs is 5. The standard InChI is InChI=1S/C17H17N5O5/c1-10(23)19-12(14(18)24)9-17-8-7-13(27-17)21-15(25)20(16(26)22(17)21)11-5-3-2-4-6-11/h2-8,12-13H,9H2,1H3,(H2,18,24)(H,19,23)/t12-,13?,17?/m0/s1. The zero-order valence-corrected chi connectivity index (χ0v) is 14.4. The molecule has 1 aromatic carbocycles. The first kappa shape index (κ1) is 17.0. The molecule has 2 aliphatic rings. The first-order valence-corrected chi connectivity index (χ1v) is 8.30. The lowest BCUT2D eigenvalue weighted by atomic mass is 10.0. The second-order valence-electron chi connectivity index (χ2n) is 6.46. The second kappa shape index (κ2) is 5.81. The fraction of sp³-hybridized carbons (Fsp3) is 0.294. The summed E-state index contributed by atoms with van der Waals surface area (Å²) in [6, 6.07) is 7.43. The van der Waals surface area contributed by atoms with Crippen molar-refractivity contribution < 1.29 is 14.3 Å². The molecule has 0 fully saturated rings. The van der Waals surface area contributed by atoms with Crippen molar-refractivity contribution in [2.45, 2.75) is 31.3 Å². The van der Waals surface area contributed by atoms with Gasteiger partial charge in [-0.1, -0.05) is 18.2 Å². The number of benzene rings is 1. The monoisotopic (exact) mass is 371 g/mol. The van der Waals surface area contributed by atoms with Gasteiger partial charge in [0.15, 0.2) is 12.0 Å². The van der Waals surface area contributed by atoms with E-state index in [0.29, 0.717) is 5.69 Å². The van der Waals surface area contributed by atoms with Crippen LogP contribution in [0, 0.1) is 0 Å². The molecule has 1 aromatic heterocycles. The highest BCUT2D eigenvalue weighted by molar-refractivity contribution is 5.85. The van der Waals surface area contributed by atoms with Crippen LogP contribution in [0.4, 0.5) is 0 Å². The first-order valence-electron chi connectivity index (χ1n) is 8.30. The summed E-state index contributed by atoms with van der Waals surface area (Å²) in [5, 5.41) is 2.45. The Morgan fingerprint density at radius 1 is 1.26 bits per heavy atom. The third kappa shape index (κ3) is 2.45. The number of aromatic nitrogens is 3. The van der Waals surface area contributed by atoms with E-state index in [1.807, 2.05) is 0 Å². The summed E-state index contributed by atoms with van der Waals surface area (Å²) < 4.78 is 9.23. The molecule has 0 spiro atoms. The fourth-order valence-electron chi connectivity index (χ4n) is 3.56. The van der Waals surface area contributed by atoms with Gasteiger partial charge in [0.2, 0.25) is 11.8 Å². The van der Waals surface area contributed by atoms with Crippen molar-refractivity contribution in [2.24, 2.45) is 5.73 Å². The summed E-state index contributed by atoms with van der Waals surface area (Å²) in [6.07, 6.45) is 2.33. The number of nitrogens with one attached hydrogen (secondary N) is 1. The van der Waals surface area contributed by atoms with Crippen molar-refractivity contribution in [3.63, 3.8) is 0 Å². The van der Waals surface area contributed by atoms with E-state index in [1.165, 1.54) is 16.3 Å². The summed E-state index contributed by atoms with van der Waals surface area (Å²) in [6.45, 7) is 1.25. The summed E-state index contributed by atoms with van der Waals surface area (Å²) >= 11 is 0. The van der Waals surface area contributed by atoms with Gasteiger partial charge in [-0.05, 0) is 24.3 Å². The largest absolute Gasteiger partial charge is 0.368 e. The summed E-state index contributed by atoms with van der Waals surface area (Å²) in [4.78, 5) is 49.0. The van der Waals surface area contributed by atoms with Gasteiger partial charge in [-0.3, -0.25) is 9.59 Å². The Bertz CT molecular complexity index is 1080. The second-order valence-corrected chi connectivity index (χ2v) is 6.46. The summed E-state index contributed by atoms with van der Waals surface area (Å²) in [5.74, 6) is -1.21. The first-order chi connectivity index (χ1) is 12.8. The van der Waals surface area contributed by atoms with Crippen LogP contribution in [0.2, 0.25) is 0 Å². The number of carbonyl (C=O) groups excluding carboxylic acids is 2. The number of nitrogens with zero attached hydrogens (tertiary/aromatic N) is 3. The average Bonchev–Trinajstić information content (AvgIpc) is 3.25. The molecule has 2 aromatic rings. The van der Waals surface area contributed by atoms with Gasteiger partial charge in [0.05, 0.1) is 5.69 Å². The lowest BCUT2D eigenvalue weighted by molar-refractivity contribution is -0.129. The predicted molar refractivity (Wildman–Crippen MR) is 92.9 cm³/mol. The van der Waals surface area contributed by atoms with Crippen molar-refractivity contribution >= 4 is 11.8 Å². The van der Waals surface area contributed by atoms with Gasteiger partial charge in [0, 0.05) is 13.3 Å². The van der Waals surface area contributed by atoms with Crippen LogP contribution in [0.3, 0.4) is 0 Å². The van der Waals surface area contributed by atoms with Gasteiger partial charge in [-0.15, -0.1) is 0 Å². The molecule has 4 rings (SSSR count). The molecule has 27 heavy (non-hydrogen) atoms. The normalized spacial score (nSPS) is 23.2. The van der Waals surface area contributed by atoms with Crippen LogP contribution in [0.25, 0.3) is 5.69 Å². The lowest BCUT2D eigenvalue weighted by Crippen LogP contribution is -2.50. The third-order valence-corrected chi connectivity index (χ3v) is 4.65. The van der Waals surface area contributed by atoms with Crippen LogP contribution in [-0.2, 0) is 20.1 Å². The Hall–Kier alpha value is -3.40. The topological polar surface area (TPSA) is 130 Å². The number of primary amides is 1. The average molecular weight is 371 g/mol. The minimum Gasteiger partial charge on any atom is -0.368 e. The predicted octanol–water partition coefficient (Wildman–Crippen LogP) is -1.07. The summed E-state index contributed by atoms with van der Waals surface area (Å²) in [5.41, 5.74) is 3.25. The highest BCUT2D eigenvalue weighted by atomic mass is 16.6. The van der Waals surface area contributed by atoms with Crippen molar-refractivity contribution in [3.05, 3.63) is 63.5 Å². The van der Waals surface area contributed by atoms with E-state index in [2.05, 4.69) is 5.32 Å². The molecule has 0 aliphatic carbocycles. The highest BCUT2D eigenvalue weighted by Crippen LogP contribution is 2.41. The number of para-hydroxylation sites is 1. The Morgan fingerprint density at radius 3 is 2.59 bits per heavy atom. The van der Waals surface area contributed by atoms with Gasteiger partial charge in [-0.2, -0.15) is 9.36 Å². The van der Waals surface area contributed by atoms with E-state index in [9.17, 15) is 19.2 Å². The molecule has 3 atom stereocenters. The van der Waals surface area contributed by atoms with Crippen LogP contribution in [-0.4, -0.2) is 31.8 Å². The van der Waals surface area contributed by atoms with Crippen LogP contribution in [0.1, 0.15) is 19.6 Å². The van der Waals surface area contributed by atoms with Crippen molar-refractivity contribution in [1.82, 2.24) is 19.2 Å². The lowest BCUT2D eigenvalue weighted by Gasteiger charge is -2.27. The van der Waals surface area contributed by atoms with E-state index in [-0.39, 0.29) is 6.42 Å². The van der Waals surface area contributed by atoms with Gasteiger partial charge in [0.25, 0.3) is 0 Å². The van der Waals surface area contributed by atoms with Crippen LogP contribution in [0.5, 0.6) is 0 Å². The number of rotatable bonds is 5. The molecular formula is C17H17N5O5. The van der Waals surface area contributed by atoms with Crippen LogP contribution in [0.15, 0.2) is 52.1 Å². The van der Waals surface area contributed by atoms with Crippen molar-refractivity contribution in [2.75, 3.05) is 0 Å². The minimum atomic E-state index is -1.39. The van der Waals surface area contributed by atoms with Crippen LogP contribution < -0.4 is 22.4 Å². The fourth-order valence-corrected chi connectivity index (χ4v) is 3.56. The van der Waals surface area contributed by atoms with E-state index in [1.54, 1.807) is 42.5 Å². The number of nitrogens with two attached hydrogens (primary N) is 1. The quantitative estimate of drug-likeness (QED) is 0.647. The SMILES string of the molecule is CC(=O)N[C@@H](CC12C=CC(O1)n1c(=O)n(-c3ccccc3)c(=O)n12)C(N)=O. The smallest absolute Gasteiger partial charge is 0.354 e. The molecule has 10 nitrogen and oxygen atoms in total. The molecule has 2 aliphatic heterocycles.